The molecule has 0 N–H and O–H groups in total. The van der Waals surface area contributed by atoms with E-state index in [1.54, 1.807) is 0 Å². The Hall–Kier alpha value is -6.96. The molecule has 56 heavy (non-hydrogen) atoms. The van der Waals surface area contributed by atoms with Gasteiger partial charge in [-0.15, -0.1) is 0 Å². The maximum Gasteiger partial charge on any atom is 0.0465 e. The zero-order valence-corrected chi connectivity index (χ0v) is 31.5. The molecule has 0 amide bonds. The summed E-state index contributed by atoms with van der Waals surface area (Å²) in [7, 11) is 0. The van der Waals surface area contributed by atoms with Gasteiger partial charge in [0.25, 0.3) is 0 Å². The maximum absolute atomic E-state index is 2.42. The first-order chi connectivity index (χ1) is 27.5. The molecular formula is C55H39N. The predicted molar refractivity (Wildman–Crippen MR) is 240 cm³/mol. The highest BCUT2D eigenvalue weighted by Gasteiger charge is 2.35. The molecule has 1 heteroatoms. The number of fused-ring (bicyclic) bond motifs is 9. The van der Waals surface area contributed by atoms with E-state index in [0.717, 1.165) is 17.1 Å². The Kier molecular flexibility index (Phi) is 7.28. The van der Waals surface area contributed by atoms with Gasteiger partial charge in [-0.05, 0) is 130 Å². The van der Waals surface area contributed by atoms with Crippen molar-refractivity contribution in [3.63, 3.8) is 0 Å². The van der Waals surface area contributed by atoms with Crippen molar-refractivity contribution >= 4 is 60.2 Å². The summed E-state index contributed by atoms with van der Waals surface area (Å²) in [5, 5.41) is 10.2. The Morgan fingerprint density at radius 1 is 0.304 bits per heavy atom. The highest BCUT2D eigenvalue weighted by atomic mass is 15.1. The smallest absolute Gasteiger partial charge is 0.0465 e. The Morgan fingerprint density at radius 3 is 1.59 bits per heavy atom. The van der Waals surface area contributed by atoms with Crippen molar-refractivity contribution in [2.45, 2.75) is 19.3 Å². The van der Waals surface area contributed by atoms with Crippen molar-refractivity contribution < 1.29 is 0 Å². The van der Waals surface area contributed by atoms with Crippen LogP contribution >= 0.6 is 0 Å². The average molecular weight is 714 g/mol. The lowest BCUT2D eigenvalue weighted by atomic mass is 9.82. The summed E-state index contributed by atoms with van der Waals surface area (Å²) in [6.07, 6.45) is 0. The van der Waals surface area contributed by atoms with Gasteiger partial charge in [0.05, 0.1) is 0 Å². The Morgan fingerprint density at radius 2 is 0.821 bits per heavy atom. The van der Waals surface area contributed by atoms with Crippen LogP contribution in [0.3, 0.4) is 0 Å². The predicted octanol–water partition coefficient (Wildman–Crippen LogP) is 15.4. The summed E-state index contributed by atoms with van der Waals surface area (Å²) in [5.74, 6) is 0. The van der Waals surface area contributed by atoms with Gasteiger partial charge >= 0.3 is 0 Å². The maximum atomic E-state index is 2.42. The van der Waals surface area contributed by atoms with E-state index in [1.807, 2.05) is 0 Å². The van der Waals surface area contributed by atoms with E-state index in [9.17, 15) is 0 Å². The molecule has 264 valence electrons. The van der Waals surface area contributed by atoms with Crippen molar-refractivity contribution in [1.29, 1.82) is 0 Å². The lowest BCUT2D eigenvalue weighted by molar-refractivity contribution is 0.660. The van der Waals surface area contributed by atoms with Crippen LogP contribution in [-0.4, -0.2) is 0 Å². The molecule has 10 aromatic carbocycles. The van der Waals surface area contributed by atoms with E-state index >= 15 is 0 Å². The average Bonchev–Trinajstić information content (AvgIpc) is 3.49. The number of nitrogens with zero attached hydrogens (tertiary/aromatic N) is 1. The second-order valence-electron chi connectivity index (χ2n) is 15.7. The number of hydrogen-bond acceptors (Lipinski definition) is 1. The zero-order valence-electron chi connectivity index (χ0n) is 31.5. The van der Waals surface area contributed by atoms with Crippen LogP contribution in [0.1, 0.15) is 25.0 Å². The summed E-state index contributed by atoms with van der Waals surface area (Å²) in [5.41, 5.74) is 13.6. The van der Waals surface area contributed by atoms with Gasteiger partial charge in [-0.2, -0.15) is 0 Å². The highest BCUT2D eigenvalue weighted by Crippen LogP contribution is 2.51. The molecule has 0 bridgehead atoms. The Balaban J connectivity index is 1.02. The SMILES string of the molecule is CC1(C)c2ccccc2-c2ccc(N(c3ccc(-c4ccc5ccc6c7ccccc7ccc6c5c4)cc3)c3ccc(-c4cccc5ccccc45)cc3)cc21. The van der Waals surface area contributed by atoms with Crippen LogP contribution in [0.4, 0.5) is 17.1 Å². The third-order valence-electron chi connectivity index (χ3n) is 12.3. The van der Waals surface area contributed by atoms with Gasteiger partial charge in [0.1, 0.15) is 0 Å². The molecule has 0 aromatic heterocycles. The molecule has 11 rings (SSSR count). The molecular weight excluding hydrogens is 675 g/mol. The third-order valence-corrected chi connectivity index (χ3v) is 12.3. The van der Waals surface area contributed by atoms with E-state index in [1.165, 1.54) is 87.6 Å². The Bertz CT molecular complexity index is 3150. The summed E-state index contributed by atoms with van der Waals surface area (Å²) in [4.78, 5) is 2.41. The second-order valence-corrected chi connectivity index (χ2v) is 15.7. The van der Waals surface area contributed by atoms with Crippen molar-refractivity contribution in [3.05, 3.63) is 211 Å². The third kappa shape index (κ3) is 5.08. The minimum atomic E-state index is -0.0950. The number of anilines is 3. The van der Waals surface area contributed by atoms with Gasteiger partial charge < -0.3 is 4.90 Å². The van der Waals surface area contributed by atoms with Crippen LogP contribution in [0.25, 0.3) is 76.5 Å². The van der Waals surface area contributed by atoms with Gasteiger partial charge in [-0.3, -0.25) is 0 Å². The zero-order chi connectivity index (χ0) is 37.4. The van der Waals surface area contributed by atoms with Crippen LogP contribution in [0.5, 0.6) is 0 Å². The van der Waals surface area contributed by atoms with Crippen LogP contribution in [0.2, 0.25) is 0 Å². The fourth-order valence-electron chi connectivity index (χ4n) is 9.35. The van der Waals surface area contributed by atoms with Crippen molar-refractivity contribution in [3.8, 4) is 33.4 Å². The molecule has 0 saturated carbocycles. The minimum Gasteiger partial charge on any atom is -0.310 e. The molecule has 10 aromatic rings. The monoisotopic (exact) mass is 713 g/mol. The first-order valence-electron chi connectivity index (χ1n) is 19.6. The van der Waals surface area contributed by atoms with E-state index in [0.29, 0.717) is 0 Å². The quantitative estimate of drug-likeness (QED) is 0.161. The number of rotatable bonds is 5. The molecule has 1 aliphatic rings. The summed E-state index contributed by atoms with van der Waals surface area (Å²) < 4.78 is 0. The Labute approximate surface area is 327 Å². The van der Waals surface area contributed by atoms with Gasteiger partial charge in [0, 0.05) is 22.5 Å². The molecule has 0 saturated heterocycles. The molecule has 0 heterocycles. The second kappa shape index (κ2) is 12.5. The standard InChI is InChI=1S/C55H39N/c1-55(2)53-17-8-7-15-50(53)51-33-30-44(35-54(51)55)56(43-28-22-39(23-29-43)46-16-9-12-37-10-3-5-13-45(37)46)42-26-20-36(21-27-42)41-19-18-40-25-31-48-47-14-6-4-11-38(47)24-32-49(48)52(40)34-41/h3-35H,1-2H3. The molecule has 1 aliphatic carbocycles. The fourth-order valence-corrected chi connectivity index (χ4v) is 9.35. The van der Waals surface area contributed by atoms with E-state index in [-0.39, 0.29) is 5.41 Å². The summed E-state index contributed by atoms with van der Waals surface area (Å²) in [6.45, 7) is 4.71. The topological polar surface area (TPSA) is 3.24 Å². The van der Waals surface area contributed by atoms with Crippen molar-refractivity contribution in [2.75, 3.05) is 4.90 Å². The van der Waals surface area contributed by atoms with Gasteiger partial charge in [0.2, 0.25) is 0 Å². The molecule has 0 atom stereocenters. The lowest BCUT2D eigenvalue weighted by Gasteiger charge is -2.28. The van der Waals surface area contributed by atoms with Gasteiger partial charge in [0.15, 0.2) is 0 Å². The lowest BCUT2D eigenvalue weighted by Crippen LogP contribution is -2.16. The normalized spacial score (nSPS) is 13.0. The first-order valence-corrected chi connectivity index (χ1v) is 19.6. The number of hydrogen-bond donors (Lipinski definition) is 0. The fraction of sp³-hybridized carbons (Fsp3) is 0.0545. The van der Waals surface area contributed by atoms with Crippen LogP contribution in [0, 0.1) is 0 Å². The van der Waals surface area contributed by atoms with Crippen LogP contribution in [0.15, 0.2) is 200 Å². The molecule has 0 unspecified atom stereocenters. The minimum absolute atomic E-state index is 0.0950. The molecule has 0 fully saturated rings. The molecule has 0 aliphatic heterocycles. The first kappa shape index (κ1) is 32.5. The summed E-state index contributed by atoms with van der Waals surface area (Å²) >= 11 is 0. The largest absolute Gasteiger partial charge is 0.310 e. The number of benzene rings is 10. The van der Waals surface area contributed by atoms with Gasteiger partial charge in [-0.25, -0.2) is 0 Å². The van der Waals surface area contributed by atoms with E-state index in [4.69, 9.17) is 0 Å². The summed E-state index contributed by atoms with van der Waals surface area (Å²) in [6, 6.07) is 74.0. The van der Waals surface area contributed by atoms with Crippen LogP contribution in [-0.2, 0) is 5.41 Å². The van der Waals surface area contributed by atoms with Gasteiger partial charge in [-0.1, -0.05) is 172 Å². The van der Waals surface area contributed by atoms with Crippen molar-refractivity contribution in [1.82, 2.24) is 0 Å². The molecule has 0 radical (unpaired) electrons. The van der Waals surface area contributed by atoms with Crippen molar-refractivity contribution in [2.24, 2.45) is 0 Å². The van der Waals surface area contributed by atoms with E-state index < -0.39 is 0 Å². The highest BCUT2D eigenvalue weighted by molar-refractivity contribution is 6.17. The molecule has 0 spiro atoms. The van der Waals surface area contributed by atoms with Crippen LogP contribution < -0.4 is 4.90 Å². The van der Waals surface area contributed by atoms with E-state index in [2.05, 4.69) is 219 Å². The molecule has 1 nitrogen and oxygen atoms in total.